The molecular weight excluding hydrogens is 276 g/mol. The second kappa shape index (κ2) is 5.86. The van der Waals surface area contributed by atoms with Gasteiger partial charge in [-0.1, -0.05) is 0 Å². The molecule has 0 fully saturated rings. The van der Waals surface area contributed by atoms with E-state index >= 15 is 0 Å². The Labute approximate surface area is 102 Å². The number of nitrogens with zero attached hydrogens (tertiary/aromatic N) is 2. The number of nitrogens with one attached hydrogen (secondary N) is 1. The highest BCUT2D eigenvalue weighted by molar-refractivity contribution is 9.10. The Kier molecular flexibility index (Phi) is 4.75. The number of nitrogens with two attached hydrogens (primary N) is 1. The number of rotatable bonds is 5. The molecule has 0 saturated carbocycles. The van der Waals surface area contributed by atoms with Crippen LogP contribution in [0.25, 0.3) is 0 Å². The average Bonchev–Trinajstić information content (AvgIpc) is 2.58. The number of ether oxygens (including phenoxy) is 1. The number of hydrogen-bond donors (Lipinski definition) is 2. The monoisotopic (exact) mass is 290 g/mol. The van der Waals surface area contributed by atoms with Crippen molar-refractivity contribution in [3.05, 3.63) is 10.7 Å². The lowest BCUT2D eigenvalue weighted by Crippen LogP contribution is -2.33. The molecule has 90 valence electrons. The van der Waals surface area contributed by atoms with Crippen molar-refractivity contribution in [3.8, 4) is 0 Å². The summed E-state index contributed by atoms with van der Waals surface area (Å²) in [5.41, 5.74) is 5.57. The third-order valence-electron chi connectivity index (χ3n) is 2.10. The highest BCUT2D eigenvalue weighted by Gasteiger charge is 2.16. The molecule has 1 heterocycles. The quantitative estimate of drug-likeness (QED) is 0.776. The van der Waals surface area contributed by atoms with Gasteiger partial charge in [-0.3, -0.25) is 9.48 Å². The number of halogens is 1. The Balaban J connectivity index is 2.56. The van der Waals surface area contributed by atoms with Crippen LogP contribution in [0.3, 0.4) is 0 Å². The summed E-state index contributed by atoms with van der Waals surface area (Å²) >= 11 is 3.24. The van der Waals surface area contributed by atoms with E-state index < -0.39 is 6.04 Å². The standard InChI is InChI=1S/C9H15BrN4O2/c1-6(9(15)12-3-4-16-2)14-5-7(10)8(11)13-14/h5-6H,3-4H2,1-2H3,(H2,11,13)(H,12,15). The van der Waals surface area contributed by atoms with E-state index in [9.17, 15) is 4.79 Å². The second-order valence-electron chi connectivity index (χ2n) is 3.30. The number of hydrogen-bond acceptors (Lipinski definition) is 4. The molecule has 1 unspecified atom stereocenters. The van der Waals surface area contributed by atoms with Gasteiger partial charge in [-0.05, 0) is 22.9 Å². The fourth-order valence-electron chi connectivity index (χ4n) is 1.13. The zero-order valence-electron chi connectivity index (χ0n) is 9.24. The normalized spacial score (nSPS) is 12.4. The van der Waals surface area contributed by atoms with E-state index in [-0.39, 0.29) is 5.91 Å². The summed E-state index contributed by atoms with van der Waals surface area (Å²) < 4.78 is 7.04. The van der Waals surface area contributed by atoms with Crippen LogP contribution in [-0.4, -0.2) is 35.9 Å². The van der Waals surface area contributed by atoms with E-state index in [1.165, 1.54) is 4.68 Å². The van der Waals surface area contributed by atoms with Crippen LogP contribution >= 0.6 is 15.9 Å². The van der Waals surface area contributed by atoms with Crippen LogP contribution in [0.4, 0.5) is 5.82 Å². The van der Waals surface area contributed by atoms with Crippen LogP contribution < -0.4 is 11.1 Å². The first-order valence-electron chi connectivity index (χ1n) is 4.83. The molecule has 0 aliphatic rings. The molecule has 0 bridgehead atoms. The number of aromatic nitrogens is 2. The van der Waals surface area contributed by atoms with Crippen LogP contribution in [0.1, 0.15) is 13.0 Å². The van der Waals surface area contributed by atoms with Crippen LogP contribution in [0.5, 0.6) is 0 Å². The topological polar surface area (TPSA) is 82.2 Å². The van der Waals surface area contributed by atoms with Gasteiger partial charge in [0.05, 0.1) is 11.1 Å². The molecule has 3 N–H and O–H groups in total. The molecule has 1 aromatic rings. The molecule has 16 heavy (non-hydrogen) atoms. The zero-order valence-corrected chi connectivity index (χ0v) is 10.8. The van der Waals surface area contributed by atoms with E-state index in [1.807, 2.05) is 0 Å². The van der Waals surface area contributed by atoms with Crippen molar-refractivity contribution < 1.29 is 9.53 Å². The minimum absolute atomic E-state index is 0.118. The maximum Gasteiger partial charge on any atom is 0.244 e. The van der Waals surface area contributed by atoms with Crippen molar-refractivity contribution in [3.63, 3.8) is 0 Å². The molecule has 1 amide bonds. The summed E-state index contributed by atoms with van der Waals surface area (Å²) in [4.78, 5) is 11.7. The van der Waals surface area contributed by atoms with E-state index in [0.29, 0.717) is 23.4 Å². The van der Waals surface area contributed by atoms with Crippen molar-refractivity contribution >= 4 is 27.7 Å². The van der Waals surface area contributed by atoms with Gasteiger partial charge in [0.2, 0.25) is 5.91 Å². The fraction of sp³-hybridized carbons (Fsp3) is 0.556. The summed E-state index contributed by atoms with van der Waals surface area (Å²) in [5, 5.41) is 6.74. The Hall–Kier alpha value is -1.08. The van der Waals surface area contributed by atoms with Crippen molar-refractivity contribution in [2.24, 2.45) is 0 Å². The molecule has 0 aromatic carbocycles. The number of methoxy groups -OCH3 is 1. The summed E-state index contributed by atoms with van der Waals surface area (Å²) in [7, 11) is 1.58. The van der Waals surface area contributed by atoms with Crippen molar-refractivity contribution in [2.45, 2.75) is 13.0 Å². The average molecular weight is 291 g/mol. The Morgan fingerprint density at radius 3 is 3.00 bits per heavy atom. The molecule has 0 spiro atoms. The van der Waals surface area contributed by atoms with Crippen molar-refractivity contribution in [1.29, 1.82) is 0 Å². The fourth-order valence-corrected chi connectivity index (χ4v) is 1.41. The van der Waals surface area contributed by atoms with Crippen molar-refractivity contribution in [1.82, 2.24) is 15.1 Å². The molecule has 7 heteroatoms. The Morgan fingerprint density at radius 2 is 2.50 bits per heavy atom. The van der Waals surface area contributed by atoms with E-state index in [2.05, 4.69) is 26.3 Å². The number of anilines is 1. The van der Waals surface area contributed by atoms with Crippen molar-refractivity contribution in [2.75, 3.05) is 26.0 Å². The molecule has 1 aromatic heterocycles. The maximum absolute atomic E-state index is 11.7. The van der Waals surface area contributed by atoms with E-state index in [0.717, 1.165) is 0 Å². The maximum atomic E-state index is 11.7. The Morgan fingerprint density at radius 1 is 1.81 bits per heavy atom. The number of nitrogen functional groups attached to an aromatic ring is 1. The van der Waals surface area contributed by atoms with Crippen LogP contribution in [0.15, 0.2) is 10.7 Å². The highest BCUT2D eigenvalue weighted by Crippen LogP contribution is 2.19. The van der Waals surface area contributed by atoms with E-state index in [4.69, 9.17) is 10.5 Å². The van der Waals surface area contributed by atoms with Gasteiger partial charge in [0.15, 0.2) is 5.82 Å². The van der Waals surface area contributed by atoms with Gasteiger partial charge in [0.1, 0.15) is 6.04 Å². The molecule has 0 saturated heterocycles. The minimum Gasteiger partial charge on any atom is -0.383 e. The smallest absolute Gasteiger partial charge is 0.244 e. The lowest BCUT2D eigenvalue weighted by Gasteiger charge is -2.12. The summed E-state index contributed by atoms with van der Waals surface area (Å²) in [6.07, 6.45) is 1.68. The Bertz CT molecular complexity index is 347. The molecule has 0 radical (unpaired) electrons. The number of amides is 1. The summed E-state index contributed by atoms with van der Waals surface area (Å²) in [6.45, 7) is 2.72. The molecular formula is C9H15BrN4O2. The largest absolute Gasteiger partial charge is 0.383 e. The number of carbonyl (C=O) groups excluding carboxylic acids is 1. The molecule has 0 aliphatic heterocycles. The van der Waals surface area contributed by atoms with Gasteiger partial charge in [-0.25, -0.2) is 0 Å². The molecule has 6 nitrogen and oxygen atoms in total. The zero-order chi connectivity index (χ0) is 12.1. The van der Waals surface area contributed by atoms with E-state index in [1.54, 1.807) is 20.2 Å². The van der Waals surface area contributed by atoms with Gasteiger partial charge in [-0.15, -0.1) is 0 Å². The van der Waals surface area contributed by atoms with Gasteiger partial charge < -0.3 is 15.8 Å². The predicted octanol–water partition coefficient (Wildman–Crippen LogP) is 0.551. The van der Waals surface area contributed by atoms with Gasteiger partial charge in [-0.2, -0.15) is 5.10 Å². The first-order valence-corrected chi connectivity index (χ1v) is 5.62. The first-order chi connectivity index (χ1) is 7.56. The first kappa shape index (κ1) is 13.0. The number of carbonyl (C=O) groups is 1. The molecule has 0 aliphatic carbocycles. The molecule has 1 rings (SSSR count). The SMILES string of the molecule is COCCNC(=O)C(C)n1cc(Br)c(N)n1. The second-order valence-corrected chi connectivity index (χ2v) is 4.16. The third-order valence-corrected chi connectivity index (χ3v) is 2.71. The van der Waals surface area contributed by atoms with Crippen LogP contribution in [0, 0.1) is 0 Å². The lowest BCUT2D eigenvalue weighted by atomic mass is 10.3. The van der Waals surface area contributed by atoms with Gasteiger partial charge in [0, 0.05) is 19.9 Å². The minimum atomic E-state index is -0.398. The summed E-state index contributed by atoms with van der Waals surface area (Å²) in [5.74, 6) is 0.253. The predicted molar refractivity (Wildman–Crippen MR) is 63.9 cm³/mol. The van der Waals surface area contributed by atoms with Crippen LogP contribution in [-0.2, 0) is 9.53 Å². The highest BCUT2D eigenvalue weighted by atomic mass is 79.9. The summed E-state index contributed by atoms with van der Waals surface area (Å²) in [6, 6.07) is -0.398. The van der Waals surface area contributed by atoms with Gasteiger partial charge >= 0.3 is 0 Å². The van der Waals surface area contributed by atoms with Crippen LogP contribution in [0.2, 0.25) is 0 Å². The lowest BCUT2D eigenvalue weighted by molar-refractivity contribution is -0.124. The third kappa shape index (κ3) is 3.21. The van der Waals surface area contributed by atoms with Gasteiger partial charge in [0.25, 0.3) is 0 Å². The molecule has 1 atom stereocenters.